The van der Waals surface area contributed by atoms with Crippen LogP contribution < -0.4 is 9.47 Å². The molecule has 0 aromatic heterocycles. The van der Waals surface area contributed by atoms with Gasteiger partial charge in [0.1, 0.15) is 0 Å². The maximum atomic E-state index is 12.0. The van der Waals surface area contributed by atoms with Crippen molar-refractivity contribution in [3.63, 3.8) is 0 Å². The molecule has 0 saturated carbocycles. The molecule has 3 heteroatoms. The number of Topliss-reactive ketones (excluding diaryl/α,β-unsaturated/α-hetero) is 1. The molecule has 2 aromatic carbocycles. The van der Waals surface area contributed by atoms with Gasteiger partial charge in [0.2, 0.25) is 6.29 Å². The van der Waals surface area contributed by atoms with E-state index in [1.807, 2.05) is 42.5 Å². The highest BCUT2D eigenvalue weighted by Gasteiger charge is 2.26. The quantitative estimate of drug-likeness (QED) is 0.773. The topological polar surface area (TPSA) is 35.5 Å². The fourth-order valence-electron chi connectivity index (χ4n) is 1.93. The lowest BCUT2D eigenvalue weighted by Gasteiger charge is -2.09. The molecule has 1 aliphatic heterocycles. The number of carbonyl (C=O) groups is 1. The maximum absolute atomic E-state index is 12.0. The van der Waals surface area contributed by atoms with Gasteiger partial charge in [-0.25, -0.2) is 0 Å². The van der Waals surface area contributed by atoms with Crippen molar-refractivity contribution in [3.8, 4) is 11.5 Å². The van der Waals surface area contributed by atoms with Gasteiger partial charge in [-0.1, -0.05) is 42.5 Å². The number of benzene rings is 2. The highest BCUT2D eigenvalue weighted by molar-refractivity contribution is 5.96. The Balaban J connectivity index is 1.68. The minimum atomic E-state index is -0.518. The molecule has 0 N–H and O–H groups in total. The number of ketones is 1. The lowest BCUT2D eigenvalue weighted by Crippen LogP contribution is -2.22. The first-order valence-corrected chi connectivity index (χ1v) is 5.83. The third-order valence-corrected chi connectivity index (χ3v) is 2.81. The van der Waals surface area contributed by atoms with E-state index < -0.39 is 6.29 Å². The molecule has 0 saturated heterocycles. The molecule has 0 unspecified atom stereocenters. The molecule has 1 heterocycles. The molecule has 0 bridgehead atoms. The van der Waals surface area contributed by atoms with Crippen LogP contribution in [0.4, 0.5) is 0 Å². The molecule has 90 valence electrons. The van der Waals surface area contributed by atoms with E-state index in [9.17, 15) is 4.79 Å². The Morgan fingerprint density at radius 1 is 0.889 bits per heavy atom. The van der Waals surface area contributed by atoms with Gasteiger partial charge in [0.15, 0.2) is 17.3 Å². The lowest BCUT2D eigenvalue weighted by molar-refractivity contribution is 0.0392. The van der Waals surface area contributed by atoms with Crippen LogP contribution in [0.25, 0.3) is 0 Å². The second-order valence-electron chi connectivity index (χ2n) is 4.11. The summed E-state index contributed by atoms with van der Waals surface area (Å²) >= 11 is 0. The third kappa shape index (κ3) is 2.07. The maximum Gasteiger partial charge on any atom is 0.248 e. The average molecular weight is 240 g/mol. The van der Waals surface area contributed by atoms with Crippen LogP contribution >= 0.6 is 0 Å². The Hall–Kier alpha value is -2.29. The minimum Gasteiger partial charge on any atom is -0.451 e. The number of hydrogen-bond donors (Lipinski definition) is 0. The van der Waals surface area contributed by atoms with E-state index >= 15 is 0 Å². The predicted octanol–water partition coefficient (Wildman–Crippen LogP) is 3.06. The predicted molar refractivity (Wildman–Crippen MR) is 66.9 cm³/mol. The molecule has 3 rings (SSSR count). The third-order valence-electron chi connectivity index (χ3n) is 2.81. The van der Waals surface area contributed by atoms with Gasteiger partial charge in [0.25, 0.3) is 0 Å². The van der Waals surface area contributed by atoms with Gasteiger partial charge in [0.05, 0.1) is 6.42 Å². The zero-order valence-corrected chi connectivity index (χ0v) is 9.71. The first-order chi connectivity index (χ1) is 8.83. The van der Waals surface area contributed by atoms with Crippen LogP contribution in [0, 0.1) is 0 Å². The van der Waals surface area contributed by atoms with E-state index in [4.69, 9.17) is 9.47 Å². The number of ether oxygens (including phenoxy) is 2. The van der Waals surface area contributed by atoms with Gasteiger partial charge in [-0.2, -0.15) is 0 Å². The molecule has 3 nitrogen and oxygen atoms in total. The van der Waals surface area contributed by atoms with Crippen molar-refractivity contribution in [2.75, 3.05) is 0 Å². The van der Waals surface area contributed by atoms with E-state index in [1.54, 1.807) is 12.1 Å². The first-order valence-electron chi connectivity index (χ1n) is 5.83. The molecule has 0 atom stereocenters. The number of rotatable bonds is 3. The molecular formula is C15H12O3. The van der Waals surface area contributed by atoms with Gasteiger partial charge in [-0.05, 0) is 12.1 Å². The van der Waals surface area contributed by atoms with Gasteiger partial charge < -0.3 is 9.47 Å². The molecule has 2 aromatic rings. The highest BCUT2D eigenvalue weighted by atomic mass is 16.7. The Morgan fingerprint density at radius 2 is 1.44 bits per heavy atom. The van der Waals surface area contributed by atoms with Crippen molar-refractivity contribution in [1.29, 1.82) is 0 Å². The molecule has 0 amide bonds. The van der Waals surface area contributed by atoms with Crippen LogP contribution in [-0.4, -0.2) is 12.1 Å². The SMILES string of the molecule is O=C(CC1Oc2ccccc2O1)c1ccccc1. The number of para-hydroxylation sites is 2. The summed E-state index contributed by atoms with van der Waals surface area (Å²) in [7, 11) is 0. The lowest BCUT2D eigenvalue weighted by atomic mass is 10.1. The highest BCUT2D eigenvalue weighted by Crippen LogP contribution is 2.34. The zero-order valence-electron chi connectivity index (χ0n) is 9.71. The average Bonchev–Trinajstić information content (AvgIpc) is 2.82. The molecule has 0 fully saturated rings. The van der Waals surface area contributed by atoms with Crippen LogP contribution in [0.1, 0.15) is 16.8 Å². The summed E-state index contributed by atoms with van der Waals surface area (Å²) in [5.74, 6) is 1.42. The Labute approximate surface area is 105 Å². The molecule has 18 heavy (non-hydrogen) atoms. The smallest absolute Gasteiger partial charge is 0.248 e. The number of hydrogen-bond acceptors (Lipinski definition) is 3. The van der Waals surface area contributed by atoms with Crippen molar-refractivity contribution in [2.45, 2.75) is 12.7 Å². The van der Waals surface area contributed by atoms with E-state index in [2.05, 4.69) is 0 Å². The standard InChI is InChI=1S/C15H12O3/c16-12(11-6-2-1-3-7-11)10-15-17-13-8-4-5-9-14(13)18-15/h1-9,15H,10H2. The summed E-state index contributed by atoms with van der Waals surface area (Å²) in [4.78, 5) is 12.0. The monoisotopic (exact) mass is 240 g/mol. The summed E-state index contributed by atoms with van der Waals surface area (Å²) < 4.78 is 11.1. The molecular weight excluding hydrogens is 228 g/mol. The van der Waals surface area contributed by atoms with Crippen LogP contribution in [0.2, 0.25) is 0 Å². The fraction of sp³-hybridized carbons (Fsp3) is 0.133. The van der Waals surface area contributed by atoms with E-state index in [-0.39, 0.29) is 12.2 Å². The molecule has 0 radical (unpaired) electrons. The van der Waals surface area contributed by atoms with Crippen molar-refractivity contribution in [3.05, 3.63) is 60.2 Å². The number of carbonyl (C=O) groups excluding carboxylic acids is 1. The normalized spacial score (nSPS) is 13.6. The van der Waals surface area contributed by atoms with Crippen molar-refractivity contribution in [1.82, 2.24) is 0 Å². The van der Waals surface area contributed by atoms with Crippen molar-refractivity contribution >= 4 is 5.78 Å². The van der Waals surface area contributed by atoms with Crippen LogP contribution in [0.5, 0.6) is 11.5 Å². The second kappa shape index (κ2) is 4.53. The Bertz CT molecular complexity index is 538. The van der Waals surface area contributed by atoms with E-state index in [0.29, 0.717) is 17.1 Å². The largest absolute Gasteiger partial charge is 0.451 e. The second-order valence-corrected chi connectivity index (χ2v) is 4.11. The van der Waals surface area contributed by atoms with Gasteiger partial charge >= 0.3 is 0 Å². The molecule has 1 aliphatic rings. The van der Waals surface area contributed by atoms with Gasteiger partial charge in [-0.3, -0.25) is 4.79 Å². The van der Waals surface area contributed by atoms with Gasteiger partial charge in [-0.15, -0.1) is 0 Å². The van der Waals surface area contributed by atoms with Crippen molar-refractivity contribution in [2.24, 2.45) is 0 Å². The fourth-order valence-corrected chi connectivity index (χ4v) is 1.93. The summed E-state index contributed by atoms with van der Waals surface area (Å²) in [5, 5.41) is 0. The summed E-state index contributed by atoms with van der Waals surface area (Å²) in [6.07, 6.45) is -0.297. The van der Waals surface area contributed by atoms with Crippen molar-refractivity contribution < 1.29 is 14.3 Å². The van der Waals surface area contributed by atoms with E-state index in [1.165, 1.54) is 0 Å². The van der Waals surface area contributed by atoms with Crippen LogP contribution in [0.3, 0.4) is 0 Å². The summed E-state index contributed by atoms with van der Waals surface area (Å²) in [6, 6.07) is 16.6. The van der Waals surface area contributed by atoms with E-state index in [0.717, 1.165) is 0 Å². The summed E-state index contributed by atoms with van der Waals surface area (Å²) in [5.41, 5.74) is 0.681. The van der Waals surface area contributed by atoms with Crippen LogP contribution in [0.15, 0.2) is 54.6 Å². The molecule has 0 spiro atoms. The van der Waals surface area contributed by atoms with Gasteiger partial charge in [0, 0.05) is 5.56 Å². The Morgan fingerprint density at radius 3 is 2.06 bits per heavy atom. The molecule has 0 aliphatic carbocycles. The first kappa shape index (κ1) is 10.8. The number of fused-ring (bicyclic) bond motifs is 1. The Kier molecular flexibility index (Phi) is 2.73. The minimum absolute atomic E-state index is 0.0217. The zero-order chi connectivity index (χ0) is 12.4. The summed E-state index contributed by atoms with van der Waals surface area (Å²) in [6.45, 7) is 0. The van der Waals surface area contributed by atoms with Crippen LogP contribution in [-0.2, 0) is 0 Å².